The zero-order valence-corrected chi connectivity index (χ0v) is 10.6. The van der Waals surface area contributed by atoms with Gasteiger partial charge in [-0.05, 0) is 25.9 Å². The highest BCUT2D eigenvalue weighted by molar-refractivity contribution is 6.01. The number of aromatic nitrogens is 2. The second-order valence-corrected chi connectivity index (χ2v) is 4.82. The van der Waals surface area contributed by atoms with Crippen LogP contribution < -0.4 is 10.1 Å². The number of nitrogens with one attached hydrogen (secondary N) is 1. The minimum absolute atomic E-state index is 0.135. The number of carbonyl (C=O) groups is 1. The number of rotatable bonds is 3. The molecule has 0 spiro atoms. The predicted octanol–water partition coefficient (Wildman–Crippen LogP) is 1.00. The molecule has 1 aromatic rings. The van der Waals surface area contributed by atoms with Crippen molar-refractivity contribution in [3.63, 3.8) is 0 Å². The van der Waals surface area contributed by atoms with E-state index < -0.39 is 0 Å². The van der Waals surface area contributed by atoms with Crippen LogP contribution in [-0.4, -0.2) is 35.8 Å². The molecule has 0 aliphatic carbocycles. The molecule has 1 N–H and O–H groups in total. The highest BCUT2D eigenvalue weighted by Crippen LogP contribution is 2.34. The van der Waals surface area contributed by atoms with Gasteiger partial charge in [-0.25, -0.2) is 0 Å². The van der Waals surface area contributed by atoms with Gasteiger partial charge in [-0.15, -0.1) is 0 Å². The van der Waals surface area contributed by atoms with Gasteiger partial charge in [0.15, 0.2) is 11.5 Å². The zero-order chi connectivity index (χ0) is 12.5. The van der Waals surface area contributed by atoms with Crippen molar-refractivity contribution in [1.29, 1.82) is 0 Å². The number of piperidine rings is 1. The molecule has 5 heteroatoms. The van der Waals surface area contributed by atoms with Crippen molar-refractivity contribution in [2.24, 2.45) is 12.5 Å². The Bertz CT molecular complexity index is 419. The average molecular weight is 237 g/mol. The van der Waals surface area contributed by atoms with Crippen molar-refractivity contribution < 1.29 is 9.53 Å². The first-order chi connectivity index (χ1) is 8.08. The van der Waals surface area contributed by atoms with E-state index in [1.165, 1.54) is 0 Å². The fraction of sp³-hybridized carbons (Fsp3) is 0.667. The summed E-state index contributed by atoms with van der Waals surface area (Å²) in [6, 6.07) is 0. The number of Topliss-reactive ketones (excluding diaryl/α,β-unsaturated/α-hetero) is 1. The Balaban J connectivity index is 2.32. The summed E-state index contributed by atoms with van der Waals surface area (Å²) in [4.78, 5) is 12.6. The summed E-state index contributed by atoms with van der Waals surface area (Å²) < 4.78 is 6.81. The van der Waals surface area contributed by atoms with Crippen LogP contribution in [0.1, 0.15) is 30.3 Å². The molecule has 5 nitrogen and oxygen atoms in total. The van der Waals surface area contributed by atoms with Crippen molar-refractivity contribution in [2.45, 2.75) is 19.8 Å². The minimum Gasteiger partial charge on any atom is -0.493 e. The maximum absolute atomic E-state index is 12.6. The van der Waals surface area contributed by atoms with Crippen molar-refractivity contribution in [3.8, 4) is 5.75 Å². The number of carbonyl (C=O) groups excluding carboxylic acids is 1. The van der Waals surface area contributed by atoms with Crippen molar-refractivity contribution in [1.82, 2.24) is 15.1 Å². The lowest BCUT2D eigenvalue weighted by molar-refractivity contribution is 0.0748. The molecule has 0 saturated carbocycles. The van der Waals surface area contributed by atoms with E-state index in [0.29, 0.717) is 11.4 Å². The third-order valence-corrected chi connectivity index (χ3v) is 3.60. The quantitative estimate of drug-likeness (QED) is 0.797. The summed E-state index contributed by atoms with van der Waals surface area (Å²) in [5.74, 6) is 0.702. The predicted molar refractivity (Wildman–Crippen MR) is 64.3 cm³/mol. The van der Waals surface area contributed by atoms with Gasteiger partial charge in [0, 0.05) is 12.5 Å². The van der Waals surface area contributed by atoms with Gasteiger partial charge in [0.2, 0.25) is 0 Å². The third-order valence-electron chi connectivity index (χ3n) is 3.60. The fourth-order valence-electron chi connectivity index (χ4n) is 2.32. The molecule has 2 heterocycles. The van der Waals surface area contributed by atoms with E-state index in [1.807, 2.05) is 6.92 Å². The van der Waals surface area contributed by atoms with Crippen LogP contribution >= 0.6 is 0 Å². The standard InChI is InChI=1S/C12H19N3O2/c1-12(4-6-13-7-5-12)11(16)10-9(17-3)8-14-15(10)2/h8,13H,4-7H2,1-3H3. The molecule has 17 heavy (non-hydrogen) atoms. The number of hydrogen-bond donors (Lipinski definition) is 1. The first-order valence-electron chi connectivity index (χ1n) is 5.90. The Labute approximate surface area is 101 Å². The second kappa shape index (κ2) is 4.49. The first kappa shape index (κ1) is 12.1. The SMILES string of the molecule is COc1cnn(C)c1C(=O)C1(C)CCNCC1. The lowest BCUT2D eigenvalue weighted by Gasteiger charge is -2.32. The summed E-state index contributed by atoms with van der Waals surface area (Å²) in [5.41, 5.74) is 0.281. The molecule has 2 rings (SSSR count). The van der Waals surface area contributed by atoms with E-state index in [1.54, 1.807) is 25.0 Å². The third kappa shape index (κ3) is 2.07. The average Bonchev–Trinajstić information content (AvgIpc) is 2.70. The van der Waals surface area contributed by atoms with Crippen LogP contribution in [0.15, 0.2) is 6.20 Å². The van der Waals surface area contributed by atoms with Crippen LogP contribution in [0, 0.1) is 5.41 Å². The summed E-state index contributed by atoms with van der Waals surface area (Å²) >= 11 is 0. The van der Waals surface area contributed by atoms with Crippen LogP contribution in [-0.2, 0) is 7.05 Å². The highest BCUT2D eigenvalue weighted by atomic mass is 16.5. The number of methoxy groups -OCH3 is 1. The molecule has 0 amide bonds. The number of ketones is 1. The van der Waals surface area contributed by atoms with Crippen molar-refractivity contribution in [2.75, 3.05) is 20.2 Å². The van der Waals surface area contributed by atoms with Gasteiger partial charge in [0.05, 0.1) is 13.3 Å². The van der Waals surface area contributed by atoms with Crippen LogP contribution in [0.25, 0.3) is 0 Å². The topological polar surface area (TPSA) is 56.2 Å². The summed E-state index contributed by atoms with van der Waals surface area (Å²) in [5, 5.41) is 7.37. The lowest BCUT2D eigenvalue weighted by atomic mass is 9.76. The van der Waals surface area contributed by atoms with Gasteiger partial charge in [0.1, 0.15) is 5.69 Å². The molecule has 0 aromatic carbocycles. The highest BCUT2D eigenvalue weighted by Gasteiger charge is 2.38. The Hall–Kier alpha value is -1.36. The molecule has 1 saturated heterocycles. The van der Waals surface area contributed by atoms with E-state index >= 15 is 0 Å². The van der Waals surface area contributed by atoms with Gasteiger partial charge in [-0.2, -0.15) is 5.10 Å². The normalized spacial score (nSPS) is 19.0. The van der Waals surface area contributed by atoms with Gasteiger partial charge in [-0.1, -0.05) is 6.92 Å². The van der Waals surface area contributed by atoms with E-state index in [-0.39, 0.29) is 11.2 Å². The Morgan fingerprint density at radius 3 is 2.76 bits per heavy atom. The summed E-state index contributed by atoms with van der Waals surface area (Å²) in [7, 11) is 3.35. The van der Waals surface area contributed by atoms with Gasteiger partial charge in [0.25, 0.3) is 0 Å². The molecule has 0 bridgehead atoms. The van der Waals surface area contributed by atoms with Crippen LogP contribution in [0.4, 0.5) is 0 Å². The van der Waals surface area contributed by atoms with E-state index in [4.69, 9.17) is 4.74 Å². The smallest absolute Gasteiger partial charge is 0.190 e. The Morgan fingerprint density at radius 2 is 2.18 bits per heavy atom. The first-order valence-corrected chi connectivity index (χ1v) is 5.90. The lowest BCUT2D eigenvalue weighted by Crippen LogP contribution is -2.40. The minimum atomic E-state index is -0.299. The molecular weight excluding hydrogens is 218 g/mol. The molecule has 0 radical (unpaired) electrons. The Kier molecular flexibility index (Phi) is 3.19. The number of ether oxygens (including phenoxy) is 1. The van der Waals surface area contributed by atoms with Crippen molar-refractivity contribution >= 4 is 5.78 Å². The Morgan fingerprint density at radius 1 is 1.53 bits per heavy atom. The van der Waals surface area contributed by atoms with Gasteiger partial charge in [-0.3, -0.25) is 9.48 Å². The number of aryl methyl sites for hydroxylation is 1. The molecule has 94 valence electrons. The molecule has 1 aliphatic heterocycles. The van der Waals surface area contributed by atoms with Crippen LogP contribution in [0.3, 0.4) is 0 Å². The maximum atomic E-state index is 12.6. The van der Waals surface area contributed by atoms with E-state index in [2.05, 4.69) is 10.4 Å². The molecular formula is C12H19N3O2. The zero-order valence-electron chi connectivity index (χ0n) is 10.6. The number of hydrogen-bond acceptors (Lipinski definition) is 4. The van der Waals surface area contributed by atoms with Gasteiger partial charge < -0.3 is 10.1 Å². The van der Waals surface area contributed by atoms with Crippen molar-refractivity contribution in [3.05, 3.63) is 11.9 Å². The summed E-state index contributed by atoms with van der Waals surface area (Å²) in [6.07, 6.45) is 3.32. The van der Waals surface area contributed by atoms with Gasteiger partial charge >= 0.3 is 0 Å². The van der Waals surface area contributed by atoms with E-state index in [9.17, 15) is 4.79 Å². The molecule has 1 aliphatic rings. The maximum Gasteiger partial charge on any atom is 0.190 e. The molecule has 0 unspecified atom stereocenters. The number of nitrogens with zero attached hydrogens (tertiary/aromatic N) is 2. The monoisotopic (exact) mass is 237 g/mol. The van der Waals surface area contributed by atoms with Crippen LogP contribution in [0.2, 0.25) is 0 Å². The molecule has 1 aromatic heterocycles. The van der Waals surface area contributed by atoms with E-state index in [0.717, 1.165) is 25.9 Å². The fourth-order valence-corrected chi connectivity index (χ4v) is 2.32. The second-order valence-electron chi connectivity index (χ2n) is 4.82. The summed E-state index contributed by atoms with van der Waals surface area (Å²) in [6.45, 7) is 3.81. The molecule has 1 fully saturated rings. The largest absolute Gasteiger partial charge is 0.493 e. The molecule has 0 atom stereocenters. The van der Waals surface area contributed by atoms with Crippen LogP contribution in [0.5, 0.6) is 5.75 Å².